The highest BCUT2D eigenvalue weighted by atomic mass is 16.2. The molecule has 1 saturated heterocycles. The number of imide groups is 1. The Kier molecular flexibility index (Phi) is 8.00. The fraction of sp³-hybridized carbons (Fsp3) is 0.519. The summed E-state index contributed by atoms with van der Waals surface area (Å²) >= 11 is 0. The van der Waals surface area contributed by atoms with E-state index in [-0.39, 0.29) is 35.6 Å². The second-order valence-electron chi connectivity index (χ2n) is 10.3. The van der Waals surface area contributed by atoms with E-state index in [1.54, 1.807) is 12.4 Å². The number of aromatic nitrogens is 1. The Balaban J connectivity index is 1.67. The second-order valence-corrected chi connectivity index (χ2v) is 10.3. The summed E-state index contributed by atoms with van der Waals surface area (Å²) in [5.74, 6) is -0.254. The number of benzene rings is 1. The number of fused-ring (bicyclic) bond motifs is 2. The molecule has 1 N–H and O–H groups in total. The summed E-state index contributed by atoms with van der Waals surface area (Å²) in [4.78, 5) is 44.9. The maximum Gasteiger partial charge on any atom is 0.324 e. The van der Waals surface area contributed by atoms with Gasteiger partial charge in [0.25, 0.3) is 0 Å². The minimum Gasteiger partial charge on any atom is -0.338 e. The quantitative estimate of drug-likeness (QED) is 0.453. The van der Waals surface area contributed by atoms with E-state index in [1.807, 2.05) is 45.4 Å². The van der Waals surface area contributed by atoms with Crippen LogP contribution in [0, 0.1) is 5.92 Å². The van der Waals surface area contributed by atoms with E-state index in [0.717, 1.165) is 30.3 Å². The molecule has 0 radical (unpaired) electrons. The van der Waals surface area contributed by atoms with Crippen LogP contribution >= 0.6 is 0 Å². The van der Waals surface area contributed by atoms with Crippen LogP contribution in [-0.2, 0) is 11.2 Å². The lowest BCUT2D eigenvalue weighted by Crippen LogP contribution is -2.55. The molecule has 3 atom stereocenters. The van der Waals surface area contributed by atoms with E-state index in [2.05, 4.69) is 27.8 Å². The molecular formula is C27H38BN5O3. The minimum absolute atomic E-state index is 0.000392. The molecule has 1 fully saturated rings. The first-order valence-electron chi connectivity index (χ1n) is 13.0. The number of hydrogen-bond acceptors (Lipinski definition) is 5. The van der Waals surface area contributed by atoms with Crippen molar-refractivity contribution in [1.29, 1.82) is 0 Å². The zero-order valence-electron chi connectivity index (χ0n) is 22.0. The Hall–Kier alpha value is -2.91. The van der Waals surface area contributed by atoms with Crippen LogP contribution in [0.25, 0.3) is 10.9 Å². The lowest BCUT2D eigenvalue weighted by molar-refractivity contribution is -0.135. The van der Waals surface area contributed by atoms with Crippen LogP contribution in [0.15, 0.2) is 37.1 Å². The zero-order valence-corrected chi connectivity index (χ0v) is 22.0. The molecule has 8 nitrogen and oxygen atoms in total. The molecule has 0 unspecified atom stereocenters. The monoisotopic (exact) mass is 491 g/mol. The lowest BCUT2D eigenvalue weighted by atomic mass is 9.72. The summed E-state index contributed by atoms with van der Waals surface area (Å²) in [6, 6.07) is 6.06. The molecule has 0 spiro atoms. The summed E-state index contributed by atoms with van der Waals surface area (Å²) in [5, 5.41) is 3.97. The van der Waals surface area contributed by atoms with Crippen LogP contribution in [-0.4, -0.2) is 97.7 Å². The third kappa shape index (κ3) is 4.99. The maximum atomic E-state index is 13.8. The zero-order chi connectivity index (χ0) is 26.0. The number of likely N-dealkylation sites (tertiary alicyclic amines) is 1. The number of piperidine rings is 1. The average Bonchev–Trinajstić information content (AvgIpc) is 3.22. The number of urea groups is 1. The third-order valence-electron chi connectivity index (χ3n) is 7.57. The van der Waals surface area contributed by atoms with Gasteiger partial charge in [0.15, 0.2) is 5.81 Å². The summed E-state index contributed by atoms with van der Waals surface area (Å²) in [7, 11) is 5.57. The first-order valence-corrected chi connectivity index (χ1v) is 13.0. The third-order valence-corrected chi connectivity index (χ3v) is 7.57. The number of rotatable bonds is 8. The normalized spacial score (nSPS) is 21.3. The Bertz CT molecular complexity index is 1160. The Morgan fingerprint density at radius 2 is 2.03 bits per heavy atom. The van der Waals surface area contributed by atoms with E-state index in [9.17, 15) is 14.4 Å². The van der Waals surface area contributed by atoms with Crippen molar-refractivity contribution in [3.05, 3.63) is 48.2 Å². The van der Waals surface area contributed by atoms with E-state index in [1.165, 1.54) is 16.0 Å². The van der Waals surface area contributed by atoms with Gasteiger partial charge in [0, 0.05) is 49.7 Å². The van der Waals surface area contributed by atoms with E-state index >= 15 is 0 Å². The molecule has 1 aromatic carbocycles. The number of amides is 3. The van der Waals surface area contributed by atoms with Crippen molar-refractivity contribution in [3.8, 4) is 0 Å². The van der Waals surface area contributed by atoms with Crippen molar-refractivity contribution in [2.75, 3.05) is 46.8 Å². The van der Waals surface area contributed by atoms with Crippen molar-refractivity contribution in [2.45, 2.75) is 38.1 Å². The molecule has 4 rings (SSSR count). The summed E-state index contributed by atoms with van der Waals surface area (Å²) in [6.45, 7) is 8.77. The topological polar surface area (TPSA) is 77.9 Å². The van der Waals surface area contributed by atoms with Crippen molar-refractivity contribution in [1.82, 2.24) is 24.6 Å². The highest BCUT2D eigenvalue weighted by Crippen LogP contribution is 2.45. The average molecular weight is 491 g/mol. The first-order chi connectivity index (χ1) is 17.3. The summed E-state index contributed by atoms with van der Waals surface area (Å²) in [5.41, 5.74) is 3.32. The van der Waals surface area contributed by atoms with Gasteiger partial charge in [-0.3, -0.25) is 24.0 Å². The van der Waals surface area contributed by atoms with Crippen LogP contribution in [0.3, 0.4) is 0 Å². The molecule has 3 amide bonds. The standard InChI is InChI=1S/C27H38BN5O3/c1-5-11-31-16-19(25(34)32(27(36)29-6-2)13-8-12-30(3)4)14-21-20-9-7-10-22-24(20)18(15-23(21)31)17-33(22)26(28)35/h5,7,9-10,17,19,21,23H,1,6,8,11-16,28H2,2-4H3,(H,29,36)/t19-,21-,23-/m1/s1. The van der Waals surface area contributed by atoms with Crippen LogP contribution in [0.5, 0.6) is 0 Å². The molecule has 0 bridgehead atoms. The molecule has 192 valence electrons. The smallest absolute Gasteiger partial charge is 0.324 e. The molecule has 2 aromatic rings. The molecule has 1 aromatic heterocycles. The van der Waals surface area contributed by atoms with Crippen LogP contribution in [0.4, 0.5) is 9.59 Å². The number of hydrogen-bond donors (Lipinski definition) is 1. The largest absolute Gasteiger partial charge is 0.338 e. The lowest BCUT2D eigenvalue weighted by Gasteiger charge is -2.47. The molecule has 2 heterocycles. The van der Waals surface area contributed by atoms with Crippen molar-refractivity contribution in [3.63, 3.8) is 0 Å². The predicted octanol–water partition coefficient (Wildman–Crippen LogP) is 2.27. The maximum absolute atomic E-state index is 13.8. The van der Waals surface area contributed by atoms with Gasteiger partial charge in [-0.1, -0.05) is 18.2 Å². The number of nitrogens with zero attached hydrogens (tertiary/aromatic N) is 4. The predicted molar refractivity (Wildman–Crippen MR) is 145 cm³/mol. The Morgan fingerprint density at radius 3 is 2.69 bits per heavy atom. The molecule has 1 aliphatic carbocycles. The Morgan fingerprint density at radius 1 is 1.25 bits per heavy atom. The van der Waals surface area contributed by atoms with E-state index in [4.69, 9.17) is 0 Å². The first kappa shape index (κ1) is 26.2. The second kappa shape index (κ2) is 11.0. The van der Waals surface area contributed by atoms with Crippen LogP contribution in [0.2, 0.25) is 0 Å². The number of nitrogens with one attached hydrogen (secondary N) is 1. The van der Waals surface area contributed by atoms with Gasteiger partial charge < -0.3 is 10.2 Å². The molecular weight excluding hydrogens is 453 g/mol. The SMILES string of the molecule is BC(=O)n1cc2c3c(cccc31)[C@H]1C[C@@H](C(=O)N(CCCN(C)C)C(=O)NCC)CN(CC=C)[C@@H]1C2. The summed E-state index contributed by atoms with van der Waals surface area (Å²) < 4.78 is 1.74. The van der Waals surface area contributed by atoms with Gasteiger partial charge in [0.1, 0.15) is 0 Å². The van der Waals surface area contributed by atoms with Gasteiger partial charge in [-0.15, -0.1) is 6.58 Å². The summed E-state index contributed by atoms with van der Waals surface area (Å²) in [6.07, 6.45) is 6.11. The van der Waals surface area contributed by atoms with Gasteiger partial charge >= 0.3 is 6.03 Å². The van der Waals surface area contributed by atoms with Crippen molar-refractivity contribution >= 4 is 36.5 Å². The molecule has 9 heteroatoms. The molecule has 36 heavy (non-hydrogen) atoms. The van der Waals surface area contributed by atoms with Gasteiger partial charge in [0.2, 0.25) is 13.8 Å². The highest BCUT2D eigenvalue weighted by Gasteiger charge is 2.44. The van der Waals surface area contributed by atoms with Crippen molar-refractivity contribution < 1.29 is 14.4 Å². The number of carbonyl (C=O) groups is 3. The minimum atomic E-state index is -0.315. The molecule has 0 saturated carbocycles. The highest BCUT2D eigenvalue weighted by molar-refractivity contribution is 6.58. The van der Waals surface area contributed by atoms with Gasteiger partial charge in [-0.25, -0.2) is 4.79 Å². The van der Waals surface area contributed by atoms with E-state index in [0.29, 0.717) is 32.6 Å². The van der Waals surface area contributed by atoms with Gasteiger partial charge in [-0.2, -0.15) is 0 Å². The van der Waals surface area contributed by atoms with E-state index < -0.39 is 0 Å². The Labute approximate surface area is 214 Å². The number of carbonyl (C=O) groups excluding carboxylic acids is 3. The fourth-order valence-electron chi connectivity index (χ4n) is 6.04. The van der Waals surface area contributed by atoms with Gasteiger partial charge in [0.05, 0.1) is 11.4 Å². The van der Waals surface area contributed by atoms with Crippen LogP contribution in [0.1, 0.15) is 36.8 Å². The molecule has 1 aliphatic heterocycles. The van der Waals surface area contributed by atoms with Gasteiger partial charge in [-0.05, 0) is 64.0 Å². The molecule has 2 aliphatic rings. The van der Waals surface area contributed by atoms with Crippen molar-refractivity contribution in [2.24, 2.45) is 5.92 Å². The van der Waals surface area contributed by atoms with Crippen LogP contribution < -0.4 is 5.32 Å². The fourth-order valence-corrected chi connectivity index (χ4v) is 6.04.